The monoisotopic (exact) mass is 452 g/mol. The van der Waals surface area contributed by atoms with Crippen molar-refractivity contribution in [2.45, 2.75) is 32.6 Å². The maximum atomic E-state index is 14.4. The Morgan fingerprint density at radius 1 is 1.33 bits per heavy atom. The van der Waals surface area contributed by atoms with Crippen molar-refractivity contribution in [3.05, 3.63) is 62.2 Å². The first-order valence-corrected chi connectivity index (χ1v) is 10.5. The number of cyclic esters (lactones) is 1. The predicted molar refractivity (Wildman–Crippen MR) is 116 cm³/mol. The van der Waals surface area contributed by atoms with E-state index >= 15 is 0 Å². The van der Waals surface area contributed by atoms with Crippen molar-refractivity contribution in [2.75, 3.05) is 13.1 Å². The smallest absolute Gasteiger partial charge is 0.340 e. The van der Waals surface area contributed by atoms with Crippen molar-refractivity contribution >= 4 is 22.8 Å². The van der Waals surface area contributed by atoms with Crippen molar-refractivity contribution in [1.82, 2.24) is 14.9 Å². The largest absolute Gasteiger partial charge is 0.458 e. The molecule has 2 aliphatic heterocycles. The van der Waals surface area contributed by atoms with E-state index in [4.69, 9.17) is 10.5 Å². The average molecular weight is 452 g/mol. The van der Waals surface area contributed by atoms with Gasteiger partial charge in [0.15, 0.2) is 6.10 Å². The SMILES string of the molecule is Cc1cc2c(CCNC(=O)CN)c3c(nc2cc1F)-c1cc2c(c(=O)n1C3)COC(=O)[C@H]2O. The van der Waals surface area contributed by atoms with Crippen LogP contribution in [-0.2, 0) is 33.9 Å². The summed E-state index contributed by atoms with van der Waals surface area (Å²) in [7, 11) is 0. The molecule has 0 radical (unpaired) electrons. The molecule has 0 aliphatic carbocycles. The number of aromatic nitrogens is 2. The molecule has 0 saturated carbocycles. The second-order valence-corrected chi connectivity index (χ2v) is 8.21. The van der Waals surface area contributed by atoms with Gasteiger partial charge >= 0.3 is 5.97 Å². The summed E-state index contributed by atoms with van der Waals surface area (Å²) in [5.74, 6) is -1.51. The Morgan fingerprint density at radius 3 is 2.88 bits per heavy atom. The van der Waals surface area contributed by atoms with Crippen LogP contribution >= 0.6 is 0 Å². The molecule has 0 spiro atoms. The van der Waals surface area contributed by atoms with Crippen LogP contribution in [0.3, 0.4) is 0 Å². The molecule has 9 nitrogen and oxygen atoms in total. The number of nitrogens with one attached hydrogen (secondary N) is 1. The number of esters is 1. The van der Waals surface area contributed by atoms with Gasteiger partial charge in [0.1, 0.15) is 12.4 Å². The first kappa shape index (κ1) is 21.2. The highest BCUT2D eigenvalue weighted by atomic mass is 19.1. The van der Waals surface area contributed by atoms with E-state index in [1.165, 1.54) is 10.6 Å². The number of aliphatic hydroxyl groups is 1. The van der Waals surface area contributed by atoms with Crippen LogP contribution in [0.25, 0.3) is 22.3 Å². The molecule has 4 heterocycles. The highest BCUT2D eigenvalue weighted by molar-refractivity contribution is 5.89. The number of hydrogen-bond acceptors (Lipinski definition) is 7. The summed E-state index contributed by atoms with van der Waals surface area (Å²) in [6, 6.07) is 4.64. The Hall–Kier alpha value is -3.63. The topological polar surface area (TPSA) is 137 Å². The van der Waals surface area contributed by atoms with E-state index in [0.29, 0.717) is 35.4 Å². The average Bonchev–Trinajstić information content (AvgIpc) is 3.16. The van der Waals surface area contributed by atoms with E-state index in [9.17, 15) is 23.9 Å². The van der Waals surface area contributed by atoms with Crippen LogP contribution in [0.15, 0.2) is 23.0 Å². The van der Waals surface area contributed by atoms with Crippen LogP contribution in [0.5, 0.6) is 0 Å². The van der Waals surface area contributed by atoms with Crippen molar-refractivity contribution in [3.8, 4) is 11.4 Å². The third kappa shape index (κ3) is 3.30. The quantitative estimate of drug-likeness (QED) is 0.385. The summed E-state index contributed by atoms with van der Waals surface area (Å²) in [6.07, 6.45) is -1.13. The molecular formula is C23H21FN4O5. The molecule has 1 aromatic carbocycles. The van der Waals surface area contributed by atoms with E-state index in [1.807, 2.05) is 0 Å². The zero-order valence-corrected chi connectivity index (χ0v) is 17.8. The van der Waals surface area contributed by atoms with Gasteiger partial charge in [-0.15, -0.1) is 0 Å². The van der Waals surface area contributed by atoms with E-state index in [2.05, 4.69) is 10.3 Å². The lowest BCUT2D eigenvalue weighted by atomic mass is 9.96. The number of benzene rings is 1. The Kier molecular flexibility index (Phi) is 4.98. The predicted octanol–water partition coefficient (Wildman–Crippen LogP) is 0.580. The Balaban J connectivity index is 1.71. The van der Waals surface area contributed by atoms with Crippen molar-refractivity contribution in [1.29, 1.82) is 0 Å². The lowest BCUT2D eigenvalue weighted by molar-refractivity contribution is -0.157. The van der Waals surface area contributed by atoms with Gasteiger partial charge in [-0.2, -0.15) is 0 Å². The summed E-state index contributed by atoms with van der Waals surface area (Å²) in [6.45, 7) is 1.85. The first-order chi connectivity index (χ1) is 15.8. The highest BCUT2D eigenvalue weighted by Gasteiger charge is 2.34. The van der Waals surface area contributed by atoms with Crippen molar-refractivity contribution in [2.24, 2.45) is 5.73 Å². The van der Waals surface area contributed by atoms with E-state index in [0.717, 1.165) is 16.5 Å². The third-order valence-electron chi connectivity index (χ3n) is 6.24. The highest BCUT2D eigenvalue weighted by Crippen LogP contribution is 2.38. The standard InChI is InChI=1S/C23H21FN4O5/c1-10-4-12-11(2-3-26-19(29)7-25)14-8-28-18(20(14)27-17(12)6-16(10)24)5-13-15(22(28)31)9-33-23(32)21(13)30/h4-6,21,30H,2-3,7-9,25H2,1H3,(H,26,29)/t21-/m0/s1. The molecule has 170 valence electrons. The second kappa shape index (κ2) is 7.75. The summed E-state index contributed by atoms with van der Waals surface area (Å²) in [4.78, 5) is 41.3. The molecule has 0 bridgehead atoms. The number of hydrogen-bond donors (Lipinski definition) is 3. The maximum absolute atomic E-state index is 14.4. The lowest BCUT2D eigenvalue weighted by Crippen LogP contribution is -2.32. The minimum Gasteiger partial charge on any atom is -0.458 e. The molecular weight excluding hydrogens is 431 g/mol. The van der Waals surface area contributed by atoms with Crippen LogP contribution in [0, 0.1) is 12.7 Å². The van der Waals surface area contributed by atoms with Crippen LogP contribution in [0.2, 0.25) is 0 Å². The minimum atomic E-state index is -1.55. The number of fused-ring (bicyclic) bond motifs is 5. The van der Waals surface area contributed by atoms with Gasteiger partial charge in [-0.1, -0.05) is 0 Å². The van der Waals surface area contributed by atoms with Gasteiger partial charge in [-0.25, -0.2) is 14.2 Å². The number of carbonyl (C=O) groups excluding carboxylic acids is 2. The van der Waals surface area contributed by atoms with Gasteiger partial charge in [0.2, 0.25) is 5.91 Å². The molecule has 1 atom stereocenters. The summed E-state index contributed by atoms with van der Waals surface area (Å²) < 4.78 is 20.8. The fourth-order valence-corrected chi connectivity index (χ4v) is 4.52. The van der Waals surface area contributed by atoms with Gasteiger partial charge < -0.3 is 25.5 Å². The molecule has 0 unspecified atom stereocenters. The number of nitrogens with zero attached hydrogens (tertiary/aromatic N) is 2. The summed E-state index contributed by atoms with van der Waals surface area (Å²) >= 11 is 0. The van der Waals surface area contributed by atoms with Crippen LogP contribution < -0.4 is 16.6 Å². The van der Waals surface area contributed by atoms with Crippen LogP contribution in [0.4, 0.5) is 4.39 Å². The summed E-state index contributed by atoms with van der Waals surface area (Å²) in [5, 5.41) is 13.7. The fraction of sp³-hybridized carbons (Fsp3) is 0.304. The van der Waals surface area contributed by atoms with Crippen molar-refractivity contribution < 1.29 is 23.8 Å². The Morgan fingerprint density at radius 2 is 2.12 bits per heavy atom. The molecule has 4 N–H and O–H groups in total. The molecule has 1 amide bonds. The van der Waals surface area contributed by atoms with Crippen LogP contribution in [0.1, 0.15) is 33.9 Å². The van der Waals surface area contributed by atoms with Gasteiger partial charge in [0.25, 0.3) is 5.56 Å². The number of ether oxygens (including phenoxy) is 1. The molecule has 10 heteroatoms. The molecule has 0 fully saturated rings. The Bertz CT molecular complexity index is 1410. The normalized spacial score (nSPS) is 16.2. The van der Waals surface area contributed by atoms with Crippen LogP contribution in [-0.4, -0.2) is 39.6 Å². The molecule has 2 aliphatic rings. The first-order valence-electron chi connectivity index (χ1n) is 10.5. The molecule has 2 aromatic heterocycles. The zero-order chi connectivity index (χ0) is 23.4. The van der Waals surface area contributed by atoms with E-state index < -0.39 is 17.9 Å². The summed E-state index contributed by atoms with van der Waals surface area (Å²) in [5.41, 5.74) is 8.82. The third-order valence-corrected chi connectivity index (χ3v) is 6.24. The Labute approximate surface area is 187 Å². The number of nitrogens with two attached hydrogens (primary N) is 1. The van der Waals surface area contributed by atoms with E-state index in [-0.39, 0.29) is 42.3 Å². The van der Waals surface area contributed by atoms with E-state index in [1.54, 1.807) is 19.1 Å². The van der Waals surface area contributed by atoms with Gasteiger partial charge in [0, 0.05) is 29.1 Å². The maximum Gasteiger partial charge on any atom is 0.340 e. The fourth-order valence-electron chi connectivity index (χ4n) is 4.52. The number of aryl methyl sites for hydroxylation is 1. The number of pyridine rings is 2. The number of carbonyl (C=O) groups is 2. The van der Waals surface area contributed by atoms with Gasteiger partial charge in [-0.3, -0.25) is 9.59 Å². The number of aliphatic hydroxyl groups excluding tert-OH is 1. The van der Waals surface area contributed by atoms with Gasteiger partial charge in [-0.05, 0) is 36.6 Å². The lowest BCUT2D eigenvalue weighted by Gasteiger charge is -2.21. The van der Waals surface area contributed by atoms with Crippen molar-refractivity contribution in [3.63, 3.8) is 0 Å². The number of rotatable bonds is 4. The molecule has 5 rings (SSSR count). The number of amides is 1. The number of halogens is 1. The zero-order valence-electron chi connectivity index (χ0n) is 17.8. The minimum absolute atomic E-state index is 0.130. The second-order valence-electron chi connectivity index (χ2n) is 8.21. The van der Waals surface area contributed by atoms with Gasteiger partial charge in [0.05, 0.1) is 35.6 Å². The molecule has 3 aromatic rings. The molecule has 33 heavy (non-hydrogen) atoms. The molecule has 0 saturated heterocycles.